The molecule has 98 valence electrons. The molecule has 2 aliphatic heterocycles. The van der Waals surface area contributed by atoms with E-state index in [0.29, 0.717) is 6.42 Å². The topological polar surface area (TPSA) is 92.7 Å². The first-order chi connectivity index (χ1) is 8.97. The van der Waals surface area contributed by atoms with E-state index in [9.17, 15) is 10.5 Å². The molecule has 0 radical (unpaired) electrons. The number of nitrogens with one attached hydrogen (secondary N) is 2. The van der Waals surface area contributed by atoms with Crippen LogP contribution in [0, 0.1) is 38.9 Å². The van der Waals surface area contributed by atoms with Gasteiger partial charge in [0, 0.05) is 6.42 Å². The average Bonchev–Trinajstić information content (AvgIpc) is 2.50. The molecule has 1 saturated heterocycles. The summed E-state index contributed by atoms with van der Waals surface area (Å²) in [5, 5.41) is 30.4. The summed E-state index contributed by atoms with van der Waals surface area (Å²) in [6.45, 7) is 1.92. The van der Waals surface area contributed by atoms with Crippen molar-refractivity contribution in [1.82, 2.24) is 5.32 Å². The quantitative estimate of drug-likeness (QED) is 0.664. The van der Waals surface area contributed by atoms with Gasteiger partial charge in [0.1, 0.15) is 11.2 Å². The van der Waals surface area contributed by atoms with Crippen molar-refractivity contribution < 1.29 is 4.74 Å². The minimum Gasteiger partial charge on any atom is -0.453 e. The van der Waals surface area contributed by atoms with Gasteiger partial charge in [-0.15, -0.1) is 0 Å². The molecule has 2 heterocycles. The lowest BCUT2D eigenvalue weighted by atomic mass is 9.52. The Morgan fingerprint density at radius 1 is 1.37 bits per heavy atom. The molecule has 6 heteroatoms. The summed E-state index contributed by atoms with van der Waals surface area (Å²) < 4.78 is 5.75. The normalized spacial score (nSPS) is 43.7. The third-order valence-electron chi connectivity index (χ3n) is 4.98. The fourth-order valence-corrected chi connectivity index (χ4v) is 4.21. The fraction of sp³-hybridized carbons (Fsp3) is 0.615. The standard InChI is InChI=1S/C13H13ClN4O/c1-11-4-2-3-5-13(11)18-9(14)8(6-15)12(11,7-16)10(17)19-13/h17-18H,2-5H2,1H3. The van der Waals surface area contributed by atoms with Crippen molar-refractivity contribution in [3.63, 3.8) is 0 Å². The van der Waals surface area contributed by atoms with Crippen LogP contribution in [0.25, 0.3) is 0 Å². The van der Waals surface area contributed by atoms with Crippen molar-refractivity contribution in [2.75, 3.05) is 0 Å². The van der Waals surface area contributed by atoms with Crippen LogP contribution in [-0.2, 0) is 4.74 Å². The van der Waals surface area contributed by atoms with Crippen molar-refractivity contribution in [3.05, 3.63) is 10.7 Å². The monoisotopic (exact) mass is 276 g/mol. The molecule has 19 heavy (non-hydrogen) atoms. The molecule has 3 aliphatic rings. The van der Waals surface area contributed by atoms with Crippen molar-refractivity contribution >= 4 is 17.5 Å². The lowest BCUT2D eigenvalue weighted by molar-refractivity contribution is -0.0934. The highest BCUT2D eigenvalue weighted by Crippen LogP contribution is 2.66. The van der Waals surface area contributed by atoms with Crippen LogP contribution in [0.1, 0.15) is 32.6 Å². The van der Waals surface area contributed by atoms with E-state index in [2.05, 4.69) is 11.4 Å². The minimum atomic E-state index is -1.36. The average molecular weight is 277 g/mol. The summed E-state index contributed by atoms with van der Waals surface area (Å²) >= 11 is 6.14. The summed E-state index contributed by atoms with van der Waals surface area (Å²) in [6.07, 6.45) is 3.31. The number of halogens is 1. The molecule has 5 nitrogen and oxygen atoms in total. The van der Waals surface area contributed by atoms with E-state index in [1.807, 2.05) is 13.0 Å². The maximum Gasteiger partial charge on any atom is 0.210 e. The third-order valence-corrected chi connectivity index (χ3v) is 5.26. The molecule has 1 saturated carbocycles. The van der Waals surface area contributed by atoms with Crippen molar-refractivity contribution in [2.45, 2.75) is 38.3 Å². The van der Waals surface area contributed by atoms with Gasteiger partial charge in [-0.3, -0.25) is 5.41 Å². The summed E-state index contributed by atoms with van der Waals surface area (Å²) in [5.74, 6) is -0.154. The van der Waals surface area contributed by atoms with Gasteiger partial charge in [0.25, 0.3) is 0 Å². The van der Waals surface area contributed by atoms with Gasteiger partial charge < -0.3 is 10.1 Å². The summed E-state index contributed by atoms with van der Waals surface area (Å²) in [5.41, 5.74) is -2.70. The molecule has 0 aromatic rings. The Morgan fingerprint density at radius 3 is 2.68 bits per heavy atom. The number of hydrogen-bond donors (Lipinski definition) is 2. The van der Waals surface area contributed by atoms with Gasteiger partial charge in [0.2, 0.25) is 5.90 Å². The Balaban J connectivity index is 2.37. The largest absolute Gasteiger partial charge is 0.453 e. The molecule has 2 bridgehead atoms. The van der Waals surface area contributed by atoms with Crippen molar-refractivity contribution in [2.24, 2.45) is 10.8 Å². The smallest absolute Gasteiger partial charge is 0.210 e. The molecule has 2 fully saturated rings. The summed E-state index contributed by atoms with van der Waals surface area (Å²) in [7, 11) is 0. The minimum absolute atomic E-state index is 0.110. The number of rotatable bonds is 0. The fourth-order valence-electron chi connectivity index (χ4n) is 3.87. The van der Waals surface area contributed by atoms with Crippen LogP contribution in [0.4, 0.5) is 0 Å². The van der Waals surface area contributed by atoms with Crippen LogP contribution in [-0.4, -0.2) is 11.6 Å². The van der Waals surface area contributed by atoms with E-state index in [-0.39, 0.29) is 16.6 Å². The zero-order valence-electron chi connectivity index (χ0n) is 10.5. The highest BCUT2D eigenvalue weighted by atomic mass is 35.5. The predicted molar refractivity (Wildman–Crippen MR) is 67.8 cm³/mol. The molecular weight excluding hydrogens is 264 g/mol. The Bertz CT molecular complexity index is 601. The zero-order valence-corrected chi connectivity index (χ0v) is 11.3. The van der Waals surface area contributed by atoms with E-state index < -0.39 is 16.6 Å². The van der Waals surface area contributed by atoms with Gasteiger partial charge in [-0.2, -0.15) is 10.5 Å². The van der Waals surface area contributed by atoms with E-state index in [1.165, 1.54) is 0 Å². The van der Waals surface area contributed by atoms with Gasteiger partial charge in [0.05, 0.1) is 17.1 Å². The second-order valence-electron chi connectivity index (χ2n) is 5.59. The first kappa shape index (κ1) is 12.3. The first-order valence-corrected chi connectivity index (χ1v) is 6.63. The molecule has 0 amide bonds. The molecule has 3 atom stereocenters. The van der Waals surface area contributed by atoms with E-state index >= 15 is 0 Å². The maximum absolute atomic E-state index is 9.72. The third kappa shape index (κ3) is 1.05. The summed E-state index contributed by atoms with van der Waals surface area (Å²) in [6, 6.07) is 4.17. The number of hydrogen-bond acceptors (Lipinski definition) is 5. The van der Waals surface area contributed by atoms with E-state index in [1.54, 1.807) is 0 Å². The second kappa shape index (κ2) is 3.43. The van der Waals surface area contributed by atoms with E-state index in [4.69, 9.17) is 21.7 Å². The molecule has 3 rings (SSSR count). The number of ether oxygens (including phenoxy) is 1. The zero-order chi connectivity index (χ0) is 13.9. The predicted octanol–water partition coefficient (Wildman–Crippen LogP) is 2.36. The maximum atomic E-state index is 9.72. The van der Waals surface area contributed by atoms with Crippen LogP contribution < -0.4 is 5.32 Å². The molecule has 0 spiro atoms. The highest BCUT2D eigenvalue weighted by molar-refractivity contribution is 6.30. The van der Waals surface area contributed by atoms with Crippen LogP contribution in [0.2, 0.25) is 0 Å². The number of nitriles is 2. The Kier molecular flexibility index (Phi) is 2.23. The first-order valence-electron chi connectivity index (χ1n) is 6.25. The summed E-state index contributed by atoms with van der Waals surface area (Å²) in [4.78, 5) is 0. The Hall–Kier alpha value is -1.72. The molecule has 2 N–H and O–H groups in total. The number of nitrogens with zero attached hydrogens (tertiary/aromatic N) is 2. The van der Waals surface area contributed by atoms with Crippen molar-refractivity contribution in [3.8, 4) is 12.1 Å². The van der Waals surface area contributed by atoms with Gasteiger partial charge in [-0.25, -0.2) is 0 Å². The van der Waals surface area contributed by atoms with E-state index in [0.717, 1.165) is 19.3 Å². The lowest BCUT2D eigenvalue weighted by Crippen LogP contribution is -2.63. The van der Waals surface area contributed by atoms with Crippen LogP contribution in [0.5, 0.6) is 0 Å². The van der Waals surface area contributed by atoms with Crippen molar-refractivity contribution in [1.29, 1.82) is 15.9 Å². The van der Waals surface area contributed by atoms with Crippen LogP contribution >= 0.6 is 11.6 Å². The highest BCUT2D eigenvalue weighted by Gasteiger charge is 2.76. The molecule has 1 aliphatic carbocycles. The molecular formula is C13H13ClN4O. The molecule has 0 aromatic heterocycles. The lowest BCUT2D eigenvalue weighted by Gasteiger charge is -2.51. The van der Waals surface area contributed by atoms with Gasteiger partial charge in [-0.05, 0) is 12.8 Å². The van der Waals surface area contributed by atoms with Gasteiger partial charge in [0.15, 0.2) is 11.1 Å². The van der Waals surface area contributed by atoms with Gasteiger partial charge >= 0.3 is 0 Å². The van der Waals surface area contributed by atoms with Crippen LogP contribution in [0.3, 0.4) is 0 Å². The molecule has 0 aromatic carbocycles. The second-order valence-corrected chi connectivity index (χ2v) is 5.96. The molecule has 3 unspecified atom stereocenters. The Morgan fingerprint density at radius 2 is 2.05 bits per heavy atom. The Labute approximate surface area is 116 Å². The van der Waals surface area contributed by atoms with Gasteiger partial charge in [-0.1, -0.05) is 24.9 Å². The van der Waals surface area contributed by atoms with Crippen LogP contribution in [0.15, 0.2) is 10.7 Å². The SMILES string of the molecule is CC12CCCCC13NC(Cl)=C(C#N)C2(C#N)C(=N)O3.